The lowest BCUT2D eigenvalue weighted by Crippen LogP contribution is -2.46. The SMILES string of the molecule is CN(Cc1cc(Cl)cc(-c2cc(-c3cc(C(F)(F)F)ccc3Cl)c(C#N)c(=O)[nH]2)c1O)C(=O)C1CCN(C(=O)C2CCCO2)CC1. The Bertz CT molecular complexity index is 1770. The van der Waals surface area contributed by atoms with E-state index in [4.69, 9.17) is 27.9 Å². The first-order valence-corrected chi connectivity index (χ1v) is 15.3. The van der Waals surface area contributed by atoms with Crippen molar-refractivity contribution in [2.45, 2.75) is 44.5 Å². The normalized spacial score (nSPS) is 17.2. The highest BCUT2D eigenvalue weighted by Crippen LogP contribution is 2.40. The maximum absolute atomic E-state index is 13.5. The number of hydrogen-bond acceptors (Lipinski definition) is 6. The van der Waals surface area contributed by atoms with E-state index < -0.39 is 29.0 Å². The maximum Gasteiger partial charge on any atom is 0.416 e. The molecule has 0 radical (unpaired) electrons. The van der Waals surface area contributed by atoms with Gasteiger partial charge in [0.15, 0.2) is 0 Å². The first kappa shape index (κ1) is 33.3. The highest BCUT2D eigenvalue weighted by molar-refractivity contribution is 6.33. The lowest BCUT2D eigenvalue weighted by Gasteiger charge is -2.34. The van der Waals surface area contributed by atoms with Crippen LogP contribution in [0.3, 0.4) is 0 Å². The van der Waals surface area contributed by atoms with Crippen LogP contribution >= 0.6 is 23.2 Å². The number of aromatic nitrogens is 1. The van der Waals surface area contributed by atoms with Gasteiger partial charge >= 0.3 is 6.18 Å². The van der Waals surface area contributed by atoms with E-state index in [9.17, 15) is 37.9 Å². The van der Waals surface area contributed by atoms with Crippen molar-refractivity contribution in [3.63, 3.8) is 0 Å². The van der Waals surface area contributed by atoms with Crippen molar-refractivity contribution >= 4 is 35.0 Å². The molecule has 2 amide bonds. The molecule has 9 nitrogen and oxygen atoms in total. The van der Waals surface area contributed by atoms with Crippen LogP contribution in [0.4, 0.5) is 13.2 Å². The Morgan fingerprint density at radius 2 is 1.83 bits per heavy atom. The average Bonchev–Trinajstić information content (AvgIpc) is 3.56. The number of alkyl halides is 3. The number of phenolic OH excluding ortho intramolecular Hbond substituents is 1. The second kappa shape index (κ2) is 13.4. The molecule has 0 bridgehead atoms. The summed E-state index contributed by atoms with van der Waals surface area (Å²) in [6.07, 6.45) is -2.63. The van der Waals surface area contributed by atoms with Gasteiger partial charge < -0.3 is 24.6 Å². The summed E-state index contributed by atoms with van der Waals surface area (Å²) in [6, 6.07) is 8.31. The molecule has 46 heavy (non-hydrogen) atoms. The molecule has 1 unspecified atom stereocenters. The number of hydrogen-bond donors (Lipinski definition) is 2. The quantitative estimate of drug-likeness (QED) is 0.330. The standard InChI is InChI=1S/C32H29Cl2F3N4O5/c1-40(30(44)17-6-8-41(9-7-17)31(45)27-3-2-10-46-27)16-18-11-20(33)13-23(28(18)42)26-14-21(24(15-38)29(43)39-26)22-12-19(32(35,36)37)4-5-25(22)34/h4-5,11-14,17,27,42H,2-3,6-10,16H2,1H3,(H,39,43). The smallest absolute Gasteiger partial charge is 0.416 e. The Balaban J connectivity index is 1.40. The number of rotatable bonds is 6. The zero-order valence-corrected chi connectivity index (χ0v) is 26.1. The molecule has 0 spiro atoms. The number of nitriles is 1. The highest BCUT2D eigenvalue weighted by atomic mass is 35.5. The predicted octanol–water partition coefficient (Wildman–Crippen LogP) is 5.99. The van der Waals surface area contributed by atoms with Crippen molar-refractivity contribution in [1.82, 2.24) is 14.8 Å². The number of phenols is 1. The molecule has 3 aromatic rings. The minimum atomic E-state index is -4.71. The monoisotopic (exact) mass is 676 g/mol. The van der Waals surface area contributed by atoms with E-state index in [2.05, 4.69) is 4.98 Å². The molecule has 1 aromatic heterocycles. The van der Waals surface area contributed by atoms with Crippen molar-refractivity contribution in [3.05, 3.63) is 73.5 Å². The maximum atomic E-state index is 13.5. The Morgan fingerprint density at radius 3 is 2.46 bits per heavy atom. The first-order valence-electron chi connectivity index (χ1n) is 14.5. The first-order chi connectivity index (χ1) is 21.8. The van der Waals surface area contributed by atoms with Gasteiger partial charge in [0.25, 0.3) is 11.5 Å². The number of carbonyl (C=O) groups excluding carboxylic acids is 2. The molecule has 2 aliphatic rings. The fraction of sp³-hybridized carbons (Fsp3) is 0.375. The minimum Gasteiger partial charge on any atom is -0.507 e. The summed E-state index contributed by atoms with van der Waals surface area (Å²) in [5, 5.41) is 21.0. The topological polar surface area (TPSA) is 127 Å². The van der Waals surface area contributed by atoms with Crippen LogP contribution in [0.5, 0.6) is 5.75 Å². The van der Waals surface area contributed by atoms with E-state index in [1.165, 1.54) is 23.1 Å². The largest absolute Gasteiger partial charge is 0.507 e. The Hall–Kier alpha value is -4.05. The molecular weight excluding hydrogens is 648 g/mol. The lowest BCUT2D eigenvalue weighted by atomic mass is 9.94. The number of likely N-dealkylation sites (tertiary alicyclic amines) is 1. The molecule has 0 saturated carbocycles. The third kappa shape index (κ3) is 6.87. The van der Waals surface area contributed by atoms with Gasteiger partial charge in [0.05, 0.1) is 11.3 Å². The highest BCUT2D eigenvalue weighted by Gasteiger charge is 2.34. The van der Waals surface area contributed by atoms with Crippen LogP contribution < -0.4 is 5.56 Å². The van der Waals surface area contributed by atoms with Gasteiger partial charge in [0.2, 0.25) is 5.91 Å². The molecule has 1 atom stereocenters. The fourth-order valence-electron chi connectivity index (χ4n) is 5.89. The molecule has 14 heteroatoms. The summed E-state index contributed by atoms with van der Waals surface area (Å²) in [4.78, 5) is 44.6. The van der Waals surface area contributed by atoms with Gasteiger partial charge in [-0.25, -0.2) is 0 Å². The average molecular weight is 678 g/mol. The zero-order valence-electron chi connectivity index (χ0n) is 24.6. The summed E-state index contributed by atoms with van der Waals surface area (Å²) >= 11 is 12.6. The van der Waals surface area contributed by atoms with Gasteiger partial charge in [-0.05, 0) is 62.1 Å². The van der Waals surface area contributed by atoms with Gasteiger partial charge in [0, 0.05) is 71.5 Å². The molecule has 2 fully saturated rings. The van der Waals surface area contributed by atoms with E-state index in [1.54, 1.807) is 18.0 Å². The number of halogens is 5. The molecule has 2 N–H and O–H groups in total. The minimum absolute atomic E-state index is 0.0234. The summed E-state index contributed by atoms with van der Waals surface area (Å²) in [5.74, 6) is -0.901. The van der Waals surface area contributed by atoms with Crippen molar-refractivity contribution in [2.24, 2.45) is 5.92 Å². The zero-order chi connectivity index (χ0) is 33.3. The number of nitrogens with zero attached hydrogens (tertiary/aromatic N) is 3. The molecule has 2 aromatic carbocycles. The molecule has 5 rings (SSSR count). The number of benzene rings is 2. The number of amides is 2. The Kier molecular flexibility index (Phi) is 9.67. The summed E-state index contributed by atoms with van der Waals surface area (Å²) < 4.78 is 45.9. The number of aromatic hydroxyl groups is 1. The van der Waals surface area contributed by atoms with Crippen LogP contribution in [0.2, 0.25) is 10.0 Å². The molecule has 3 heterocycles. The fourth-order valence-corrected chi connectivity index (χ4v) is 6.35. The van der Waals surface area contributed by atoms with Gasteiger partial charge in [0.1, 0.15) is 23.5 Å². The second-order valence-corrected chi connectivity index (χ2v) is 12.2. The summed E-state index contributed by atoms with van der Waals surface area (Å²) in [7, 11) is 1.57. The van der Waals surface area contributed by atoms with Crippen molar-refractivity contribution < 1.29 is 32.6 Å². The number of ether oxygens (including phenoxy) is 1. The number of aromatic amines is 1. The van der Waals surface area contributed by atoms with Gasteiger partial charge in [-0.15, -0.1) is 0 Å². The molecule has 242 valence electrons. The van der Waals surface area contributed by atoms with Gasteiger partial charge in [-0.2, -0.15) is 18.4 Å². The van der Waals surface area contributed by atoms with E-state index in [-0.39, 0.29) is 68.0 Å². The number of nitrogens with one attached hydrogen (secondary N) is 1. The number of pyridine rings is 1. The third-order valence-electron chi connectivity index (χ3n) is 8.32. The third-order valence-corrected chi connectivity index (χ3v) is 8.87. The van der Waals surface area contributed by atoms with Gasteiger partial charge in [-0.3, -0.25) is 14.4 Å². The van der Waals surface area contributed by atoms with E-state index >= 15 is 0 Å². The van der Waals surface area contributed by atoms with Crippen molar-refractivity contribution in [2.75, 3.05) is 26.7 Å². The van der Waals surface area contributed by atoms with Crippen LogP contribution in [-0.4, -0.2) is 64.6 Å². The second-order valence-electron chi connectivity index (χ2n) is 11.4. The van der Waals surface area contributed by atoms with E-state index in [1.807, 2.05) is 0 Å². The molecule has 0 aliphatic carbocycles. The van der Waals surface area contributed by atoms with E-state index in [0.29, 0.717) is 39.0 Å². The van der Waals surface area contributed by atoms with Gasteiger partial charge in [-0.1, -0.05) is 23.2 Å². The summed E-state index contributed by atoms with van der Waals surface area (Å²) in [5.41, 5.74) is -2.56. The van der Waals surface area contributed by atoms with Crippen LogP contribution in [0.15, 0.2) is 41.2 Å². The van der Waals surface area contributed by atoms with Crippen LogP contribution in [0, 0.1) is 17.2 Å². The van der Waals surface area contributed by atoms with Crippen LogP contribution in [0.25, 0.3) is 22.4 Å². The molecule has 2 saturated heterocycles. The van der Waals surface area contributed by atoms with Crippen LogP contribution in [0.1, 0.15) is 42.4 Å². The lowest BCUT2D eigenvalue weighted by molar-refractivity contribution is -0.145. The number of carbonyl (C=O) groups is 2. The Morgan fingerprint density at radius 1 is 1.11 bits per heavy atom. The predicted molar refractivity (Wildman–Crippen MR) is 164 cm³/mol. The number of H-pyrrole nitrogens is 1. The number of piperidine rings is 1. The molecule has 2 aliphatic heterocycles. The van der Waals surface area contributed by atoms with E-state index in [0.717, 1.165) is 24.6 Å². The molecular formula is C32H29Cl2F3N4O5. The van der Waals surface area contributed by atoms with Crippen molar-refractivity contribution in [3.8, 4) is 34.2 Å². The van der Waals surface area contributed by atoms with Crippen LogP contribution in [-0.2, 0) is 27.0 Å². The summed E-state index contributed by atoms with van der Waals surface area (Å²) in [6.45, 7) is 1.38. The Labute approximate surface area is 272 Å². The van der Waals surface area contributed by atoms with Crippen molar-refractivity contribution in [1.29, 1.82) is 5.26 Å².